The van der Waals surface area contributed by atoms with Crippen molar-refractivity contribution in [3.63, 3.8) is 0 Å². The van der Waals surface area contributed by atoms with Gasteiger partial charge in [-0.05, 0) is 25.5 Å². The largest absolute Gasteiger partial charge is 0.494 e. The van der Waals surface area contributed by atoms with E-state index in [2.05, 4.69) is 20.5 Å². The second-order valence-electron chi connectivity index (χ2n) is 4.80. The quantitative estimate of drug-likeness (QED) is 0.724. The normalized spacial score (nSPS) is 10.3. The van der Waals surface area contributed by atoms with Crippen LogP contribution in [0.4, 0.5) is 0 Å². The van der Waals surface area contributed by atoms with Crippen molar-refractivity contribution >= 4 is 5.91 Å². The van der Waals surface area contributed by atoms with E-state index in [0.717, 1.165) is 11.6 Å². The van der Waals surface area contributed by atoms with E-state index in [9.17, 15) is 4.79 Å². The van der Waals surface area contributed by atoms with E-state index in [-0.39, 0.29) is 5.91 Å². The van der Waals surface area contributed by atoms with Gasteiger partial charge in [0.2, 0.25) is 5.91 Å². The molecule has 0 fully saturated rings. The van der Waals surface area contributed by atoms with Crippen molar-refractivity contribution in [3.8, 4) is 5.75 Å². The zero-order valence-corrected chi connectivity index (χ0v) is 12.1. The van der Waals surface area contributed by atoms with Crippen molar-refractivity contribution in [1.29, 1.82) is 0 Å². The molecule has 112 valence electrons. The molecular formula is C15H20N4O2. The van der Waals surface area contributed by atoms with Crippen LogP contribution in [0, 0.1) is 6.92 Å². The molecule has 6 nitrogen and oxygen atoms in total. The summed E-state index contributed by atoms with van der Waals surface area (Å²) in [6.07, 6.45) is 3.27. The second-order valence-corrected chi connectivity index (χ2v) is 4.80. The van der Waals surface area contributed by atoms with E-state index < -0.39 is 0 Å². The molecule has 0 aliphatic carbocycles. The predicted octanol–water partition coefficient (Wildman–Crippen LogP) is 1.63. The summed E-state index contributed by atoms with van der Waals surface area (Å²) in [5.74, 6) is 1.64. The zero-order valence-electron chi connectivity index (χ0n) is 12.1. The first kappa shape index (κ1) is 15.0. The maximum atomic E-state index is 11.6. The Kier molecular flexibility index (Phi) is 5.75. The number of hydrogen-bond acceptors (Lipinski definition) is 4. The number of hydrogen-bond donors (Lipinski definition) is 2. The highest BCUT2D eigenvalue weighted by Gasteiger charge is 2.02. The molecule has 0 saturated heterocycles. The lowest BCUT2D eigenvalue weighted by molar-refractivity contribution is -0.121. The molecule has 2 rings (SSSR count). The first-order valence-corrected chi connectivity index (χ1v) is 7.04. The molecule has 1 aromatic heterocycles. The van der Waals surface area contributed by atoms with Crippen LogP contribution in [0.15, 0.2) is 30.6 Å². The molecule has 0 aliphatic heterocycles. The molecule has 1 aromatic carbocycles. The summed E-state index contributed by atoms with van der Waals surface area (Å²) in [5, 5.41) is 9.35. The molecule has 0 unspecified atom stereocenters. The highest BCUT2D eigenvalue weighted by atomic mass is 16.5. The van der Waals surface area contributed by atoms with Crippen LogP contribution < -0.4 is 10.1 Å². The van der Waals surface area contributed by atoms with Crippen LogP contribution >= 0.6 is 0 Å². The van der Waals surface area contributed by atoms with Crippen molar-refractivity contribution in [3.05, 3.63) is 42.0 Å². The van der Waals surface area contributed by atoms with E-state index in [4.69, 9.17) is 4.74 Å². The third kappa shape index (κ3) is 5.64. The fraction of sp³-hybridized carbons (Fsp3) is 0.400. The monoisotopic (exact) mass is 288 g/mol. The Balaban J connectivity index is 1.53. The zero-order chi connectivity index (χ0) is 14.9. The van der Waals surface area contributed by atoms with Gasteiger partial charge in [0, 0.05) is 19.4 Å². The summed E-state index contributed by atoms with van der Waals surface area (Å²) < 4.78 is 5.57. The second kappa shape index (κ2) is 8.04. The van der Waals surface area contributed by atoms with Gasteiger partial charge in [-0.1, -0.05) is 17.7 Å². The van der Waals surface area contributed by atoms with Crippen LogP contribution in [0.1, 0.15) is 24.2 Å². The molecule has 0 bridgehead atoms. The maximum absolute atomic E-state index is 11.6. The molecule has 0 aliphatic rings. The number of aromatic amines is 1. The Morgan fingerprint density at radius 2 is 2.14 bits per heavy atom. The van der Waals surface area contributed by atoms with Gasteiger partial charge in [0.15, 0.2) is 0 Å². The Morgan fingerprint density at radius 3 is 2.86 bits per heavy atom. The minimum atomic E-state index is 0.0296. The van der Waals surface area contributed by atoms with E-state index in [1.165, 1.54) is 11.9 Å². The first-order chi connectivity index (χ1) is 10.2. The standard InChI is InChI=1S/C15H20N4O2/c1-12-4-6-13(7-5-12)21-10-2-3-15(20)16-9-8-14-17-11-18-19-14/h4-7,11H,2-3,8-10H2,1H3,(H,16,20)(H,17,18,19). The van der Waals surface area contributed by atoms with Gasteiger partial charge in [-0.15, -0.1) is 0 Å². The topological polar surface area (TPSA) is 79.9 Å². The Morgan fingerprint density at radius 1 is 1.33 bits per heavy atom. The summed E-state index contributed by atoms with van der Waals surface area (Å²) >= 11 is 0. The van der Waals surface area contributed by atoms with Gasteiger partial charge in [0.25, 0.3) is 0 Å². The van der Waals surface area contributed by atoms with Crippen LogP contribution in [-0.4, -0.2) is 34.2 Å². The van der Waals surface area contributed by atoms with Crippen LogP contribution in [-0.2, 0) is 11.2 Å². The minimum absolute atomic E-state index is 0.0296. The first-order valence-electron chi connectivity index (χ1n) is 7.04. The average molecular weight is 288 g/mol. The lowest BCUT2D eigenvalue weighted by Crippen LogP contribution is -2.26. The molecule has 2 N–H and O–H groups in total. The summed E-state index contributed by atoms with van der Waals surface area (Å²) in [7, 11) is 0. The van der Waals surface area contributed by atoms with Crippen LogP contribution in [0.5, 0.6) is 5.75 Å². The van der Waals surface area contributed by atoms with Gasteiger partial charge in [0.05, 0.1) is 6.61 Å². The highest BCUT2D eigenvalue weighted by molar-refractivity contribution is 5.75. The fourth-order valence-corrected chi connectivity index (χ4v) is 1.82. The van der Waals surface area contributed by atoms with Crippen LogP contribution in [0.3, 0.4) is 0 Å². The Bertz CT molecular complexity index is 537. The van der Waals surface area contributed by atoms with E-state index in [1.807, 2.05) is 31.2 Å². The molecule has 0 saturated carbocycles. The third-order valence-electron chi connectivity index (χ3n) is 2.99. The van der Waals surface area contributed by atoms with Crippen molar-refractivity contribution in [2.24, 2.45) is 0 Å². The molecule has 2 aromatic rings. The number of aryl methyl sites for hydroxylation is 1. The van der Waals surface area contributed by atoms with Gasteiger partial charge in [0.1, 0.15) is 17.9 Å². The van der Waals surface area contributed by atoms with Crippen molar-refractivity contribution < 1.29 is 9.53 Å². The summed E-state index contributed by atoms with van der Waals surface area (Å²) in [6.45, 7) is 3.14. The third-order valence-corrected chi connectivity index (χ3v) is 2.99. The summed E-state index contributed by atoms with van der Waals surface area (Å²) in [5.41, 5.74) is 1.20. The van der Waals surface area contributed by atoms with Gasteiger partial charge >= 0.3 is 0 Å². The molecule has 1 amide bonds. The molecule has 1 heterocycles. The van der Waals surface area contributed by atoms with Crippen LogP contribution in [0.2, 0.25) is 0 Å². The van der Waals surface area contributed by atoms with Gasteiger partial charge in [-0.2, -0.15) is 5.10 Å². The van der Waals surface area contributed by atoms with E-state index >= 15 is 0 Å². The van der Waals surface area contributed by atoms with Gasteiger partial charge < -0.3 is 10.1 Å². The molecule has 0 atom stereocenters. The van der Waals surface area contributed by atoms with Crippen LogP contribution in [0.25, 0.3) is 0 Å². The maximum Gasteiger partial charge on any atom is 0.220 e. The molecule has 0 spiro atoms. The summed E-state index contributed by atoms with van der Waals surface area (Å²) in [4.78, 5) is 15.6. The number of aromatic nitrogens is 3. The highest BCUT2D eigenvalue weighted by Crippen LogP contribution is 2.11. The molecule has 0 radical (unpaired) electrons. The van der Waals surface area contributed by atoms with Gasteiger partial charge in [-0.25, -0.2) is 4.98 Å². The molecule has 21 heavy (non-hydrogen) atoms. The Labute approximate surface area is 123 Å². The number of ether oxygens (including phenoxy) is 1. The van der Waals surface area contributed by atoms with Crippen molar-refractivity contribution in [1.82, 2.24) is 20.5 Å². The predicted molar refractivity (Wildman–Crippen MR) is 79.0 cm³/mol. The number of nitrogens with one attached hydrogen (secondary N) is 2. The number of amides is 1. The lowest BCUT2D eigenvalue weighted by atomic mass is 10.2. The SMILES string of the molecule is Cc1ccc(OCCCC(=O)NCCc2ncn[nH]2)cc1. The molecule has 6 heteroatoms. The smallest absolute Gasteiger partial charge is 0.220 e. The number of carbonyl (C=O) groups is 1. The van der Waals surface area contributed by atoms with E-state index in [0.29, 0.717) is 32.4 Å². The van der Waals surface area contributed by atoms with E-state index in [1.54, 1.807) is 0 Å². The number of nitrogens with zero attached hydrogens (tertiary/aromatic N) is 2. The minimum Gasteiger partial charge on any atom is -0.494 e. The van der Waals surface area contributed by atoms with Crippen molar-refractivity contribution in [2.45, 2.75) is 26.2 Å². The Hall–Kier alpha value is -2.37. The van der Waals surface area contributed by atoms with Gasteiger partial charge in [-0.3, -0.25) is 9.89 Å². The lowest BCUT2D eigenvalue weighted by Gasteiger charge is -2.07. The van der Waals surface area contributed by atoms with Crippen molar-refractivity contribution in [2.75, 3.05) is 13.2 Å². The average Bonchev–Trinajstić information content (AvgIpc) is 2.99. The number of carbonyl (C=O) groups excluding carboxylic acids is 1. The number of H-pyrrole nitrogens is 1. The fourth-order valence-electron chi connectivity index (χ4n) is 1.82. The summed E-state index contributed by atoms with van der Waals surface area (Å²) in [6, 6.07) is 7.89. The number of rotatable bonds is 8. The number of benzene rings is 1. The molecular weight excluding hydrogens is 268 g/mol.